The van der Waals surface area contributed by atoms with Crippen LogP contribution in [0.25, 0.3) is 0 Å². The van der Waals surface area contributed by atoms with Crippen molar-refractivity contribution in [3.05, 3.63) is 12.2 Å². The van der Waals surface area contributed by atoms with E-state index in [4.69, 9.17) is 5.11 Å². The molecule has 0 heterocycles. The van der Waals surface area contributed by atoms with E-state index in [0.29, 0.717) is 29.1 Å². The molecule has 2 nitrogen and oxygen atoms in total. The molecule has 6 unspecified atom stereocenters. The summed E-state index contributed by atoms with van der Waals surface area (Å²) in [4.78, 5) is 11.1. The second-order valence-corrected chi connectivity index (χ2v) is 11.3. The summed E-state index contributed by atoms with van der Waals surface area (Å²) in [7, 11) is 0. The lowest BCUT2D eigenvalue weighted by Crippen LogP contribution is -2.51. The molecule has 152 valence electrons. The molecular formula is C25H40O2. The summed E-state index contributed by atoms with van der Waals surface area (Å²) in [6.07, 6.45) is 16.1. The standard InChI is InChI=1S/C25H40O2/c1-16-11-13-24(3)18(15-16)6-7-19-21-9-8-20(17(2)5-10-23(26)27)25(21,4)14-12-22(19)24/h6-7,16-22H,5,8-15H2,1-4H3,(H,26,27)/t16?,17?,18?,19?,20-,21?,22?,24+,25-/m1/s1. The summed E-state index contributed by atoms with van der Waals surface area (Å²) in [6, 6.07) is 0. The van der Waals surface area contributed by atoms with Crippen LogP contribution in [-0.2, 0) is 4.79 Å². The average molecular weight is 373 g/mol. The third-order valence-corrected chi connectivity index (χ3v) is 10.00. The smallest absolute Gasteiger partial charge is 0.303 e. The van der Waals surface area contributed by atoms with Gasteiger partial charge in [-0.1, -0.05) is 46.3 Å². The Labute approximate surface area is 166 Å². The molecular weight excluding hydrogens is 332 g/mol. The van der Waals surface area contributed by atoms with Gasteiger partial charge in [0.05, 0.1) is 0 Å². The lowest BCUT2D eigenvalue weighted by atomic mass is 9.46. The second-order valence-electron chi connectivity index (χ2n) is 11.3. The van der Waals surface area contributed by atoms with Gasteiger partial charge in [0.15, 0.2) is 0 Å². The number of carboxylic acids is 1. The van der Waals surface area contributed by atoms with E-state index in [1.54, 1.807) is 0 Å². The molecule has 0 aromatic rings. The first-order valence-electron chi connectivity index (χ1n) is 11.7. The van der Waals surface area contributed by atoms with Gasteiger partial charge in [0.1, 0.15) is 0 Å². The number of carbonyl (C=O) groups is 1. The van der Waals surface area contributed by atoms with Gasteiger partial charge in [0, 0.05) is 6.42 Å². The Morgan fingerprint density at radius 3 is 2.52 bits per heavy atom. The Hall–Kier alpha value is -0.790. The van der Waals surface area contributed by atoms with Gasteiger partial charge in [-0.3, -0.25) is 4.79 Å². The summed E-state index contributed by atoms with van der Waals surface area (Å²) >= 11 is 0. The normalized spacial score (nSPS) is 49.8. The van der Waals surface area contributed by atoms with Crippen molar-refractivity contribution < 1.29 is 9.90 Å². The molecule has 4 aliphatic carbocycles. The molecule has 0 aromatic heterocycles. The number of hydrogen-bond acceptors (Lipinski definition) is 1. The zero-order valence-electron chi connectivity index (χ0n) is 17.9. The molecule has 9 atom stereocenters. The number of carboxylic acid groups (broad SMARTS) is 1. The summed E-state index contributed by atoms with van der Waals surface area (Å²) in [5, 5.41) is 9.10. The minimum atomic E-state index is -0.633. The van der Waals surface area contributed by atoms with Crippen molar-refractivity contribution in [2.24, 2.45) is 52.3 Å². The third kappa shape index (κ3) is 3.10. The molecule has 4 rings (SSSR count). The van der Waals surface area contributed by atoms with E-state index in [9.17, 15) is 4.79 Å². The van der Waals surface area contributed by atoms with E-state index >= 15 is 0 Å². The minimum absolute atomic E-state index is 0.336. The maximum absolute atomic E-state index is 11.1. The van der Waals surface area contributed by atoms with Crippen LogP contribution in [0, 0.1) is 52.3 Å². The molecule has 3 saturated carbocycles. The van der Waals surface area contributed by atoms with Crippen molar-refractivity contribution >= 4 is 5.97 Å². The van der Waals surface area contributed by atoms with Crippen LogP contribution in [0.15, 0.2) is 12.2 Å². The molecule has 27 heavy (non-hydrogen) atoms. The summed E-state index contributed by atoms with van der Waals surface area (Å²) < 4.78 is 0. The highest BCUT2D eigenvalue weighted by atomic mass is 16.4. The lowest BCUT2D eigenvalue weighted by molar-refractivity contribution is -0.137. The molecule has 2 heteroatoms. The monoisotopic (exact) mass is 372 g/mol. The van der Waals surface area contributed by atoms with Crippen LogP contribution in [0.4, 0.5) is 0 Å². The number of fused-ring (bicyclic) bond motifs is 5. The Morgan fingerprint density at radius 1 is 1.07 bits per heavy atom. The predicted octanol–water partition coefficient (Wildman–Crippen LogP) is 6.56. The van der Waals surface area contributed by atoms with Gasteiger partial charge in [-0.05, 0) is 97.2 Å². The maximum atomic E-state index is 11.1. The molecule has 0 aliphatic heterocycles. The van der Waals surface area contributed by atoms with Crippen molar-refractivity contribution in [2.45, 2.75) is 85.5 Å². The number of allylic oxidation sites excluding steroid dienone is 2. The van der Waals surface area contributed by atoms with Crippen molar-refractivity contribution in [3.63, 3.8) is 0 Å². The predicted molar refractivity (Wildman–Crippen MR) is 110 cm³/mol. The summed E-state index contributed by atoms with van der Waals surface area (Å²) in [5.74, 6) is 4.80. The van der Waals surface area contributed by atoms with Gasteiger partial charge in [0.2, 0.25) is 0 Å². The van der Waals surface area contributed by atoms with E-state index in [-0.39, 0.29) is 0 Å². The Balaban J connectivity index is 1.55. The van der Waals surface area contributed by atoms with Gasteiger partial charge >= 0.3 is 5.97 Å². The number of rotatable bonds is 4. The minimum Gasteiger partial charge on any atom is -0.481 e. The topological polar surface area (TPSA) is 37.3 Å². The highest BCUT2D eigenvalue weighted by Gasteiger charge is 2.59. The fraction of sp³-hybridized carbons (Fsp3) is 0.880. The van der Waals surface area contributed by atoms with Crippen molar-refractivity contribution in [1.29, 1.82) is 0 Å². The highest BCUT2D eigenvalue weighted by molar-refractivity contribution is 5.66. The Kier molecular flexibility index (Phi) is 5.00. The molecule has 0 spiro atoms. The molecule has 0 bridgehead atoms. The number of hydrogen-bond donors (Lipinski definition) is 1. The van der Waals surface area contributed by atoms with E-state index in [1.165, 1.54) is 44.9 Å². The van der Waals surface area contributed by atoms with Gasteiger partial charge in [0.25, 0.3) is 0 Å². The van der Waals surface area contributed by atoms with E-state index < -0.39 is 5.97 Å². The first-order chi connectivity index (χ1) is 12.8. The summed E-state index contributed by atoms with van der Waals surface area (Å²) in [5.41, 5.74) is 0.953. The van der Waals surface area contributed by atoms with Gasteiger partial charge in [-0.25, -0.2) is 0 Å². The van der Waals surface area contributed by atoms with Gasteiger partial charge in [-0.2, -0.15) is 0 Å². The fourth-order valence-electron chi connectivity index (χ4n) is 8.34. The van der Waals surface area contributed by atoms with Gasteiger partial charge < -0.3 is 5.11 Å². The average Bonchev–Trinajstić information content (AvgIpc) is 2.97. The Morgan fingerprint density at radius 2 is 1.78 bits per heavy atom. The highest BCUT2D eigenvalue weighted by Crippen LogP contribution is 2.67. The molecule has 4 aliphatic rings. The van der Waals surface area contributed by atoms with Crippen molar-refractivity contribution in [3.8, 4) is 0 Å². The first-order valence-corrected chi connectivity index (χ1v) is 11.7. The maximum Gasteiger partial charge on any atom is 0.303 e. The third-order valence-electron chi connectivity index (χ3n) is 10.00. The van der Waals surface area contributed by atoms with Crippen LogP contribution in [0.3, 0.4) is 0 Å². The zero-order valence-corrected chi connectivity index (χ0v) is 17.9. The van der Waals surface area contributed by atoms with Crippen molar-refractivity contribution in [1.82, 2.24) is 0 Å². The second kappa shape index (κ2) is 6.92. The fourth-order valence-corrected chi connectivity index (χ4v) is 8.34. The zero-order chi connectivity index (χ0) is 19.4. The van der Waals surface area contributed by atoms with Crippen LogP contribution in [-0.4, -0.2) is 11.1 Å². The van der Waals surface area contributed by atoms with E-state index in [2.05, 4.69) is 39.8 Å². The molecule has 0 aromatic carbocycles. The SMILES string of the molecule is CC1CC[C@@]2(C)C(C=CC3C2CC[C@@]2(C)C3CC[C@@H]2C(C)CCC(=O)O)C1. The van der Waals surface area contributed by atoms with Crippen LogP contribution >= 0.6 is 0 Å². The van der Waals surface area contributed by atoms with Crippen LogP contribution in [0.1, 0.15) is 85.5 Å². The molecule has 0 amide bonds. The van der Waals surface area contributed by atoms with Crippen LogP contribution in [0.5, 0.6) is 0 Å². The van der Waals surface area contributed by atoms with E-state index in [1.807, 2.05) is 0 Å². The largest absolute Gasteiger partial charge is 0.481 e. The molecule has 3 fully saturated rings. The van der Waals surface area contributed by atoms with Gasteiger partial charge in [-0.15, -0.1) is 0 Å². The quantitative estimate of drug-likeness (QED) is 0.567. The van der Waals surface area contributed by atoms with Crippen molar-refractivity contribution in [2.75, 3.05) is 0 Å². The molecule has 0 radical (unpaired) electrons. The van der Waals surface area contributed by atoms with Crippen LogP contribution in [0.2, 0.25) is 0 Å². The first kappa shape index (κ1) is 19.5. The lowest BCUT2D eigenvalue weighted by Gasteiger charge is -2.59. The van der Waals surface area contributed by atoms with E-state index in [0.717, 1.165) is 36.0 Å². The van der Waals surface area contributed by atoms with Crippen LogP contribution < -0.4 is 0 Å². The number of aliphatic carboxylic acids is 1. The molecule has 1 N–H and O–H groups in total. The Bertz CT molecular complexity index is 609. The summed E-state index contributed by atoms with van der Waals surface area (Å²) in [6.45, 7) is 9.95. The molecule has 0 saturated heterocycles.